The molecule has 2 rings (SSSR count). The molecule has 0 spiro atoms. The van der Waals surface area contributed by atoms with Crippen molar-refractivity contribution in [2.24, 2.45) is 5.41 Å². The lowest BCUT2D eigenvalue weighted by atomic mass is 9.79. The zero-order valence-electron chi connectivity index (χ0n) is 14.7. The molecule has 1 fully saturated rings. The van der Waals surface area contributed by atoms with Gasteiger partial charge in [-0.05, 0) is 63.5 Å². The maximum Gasteiger partial charge on any atom is 0.260 e. The molecule has 1 aromatic rings. The van der Waals surface area contributed by atoms with E-state index in [0.717, 1.165) is 31.5 Å². The summed E-state index contributed by atoms with van der Waals surface area (Å²) in [6, 6.07) is 5.39. The third-order valence-electron chi connectivity index (χ3n) is 4.56. The Morgan fingerprint density at radius 1 is 1.42 bits per heavy atom. The van der Waals surface area contributed by atoms with Gasteiger partial charge in [0.2, 0.25) is 0 Å². The first kappa shape index (κ1) is 19.0. The largest absolute Gasteiger partial charge is 0.481 e. The first-order chi connectivity index (χ1) is 11.5. The maximum absolute atomic E-state index is 12.4. The number of methoxy groups -OCH3 is 1. The van der Waals surface area contributed by atoms with Crippen LogP contribution in [0.25, 0.3) is 0 Å². The predicted octanol–water partition coefficient (Wildman–Crippen LogP) is 2.55. The summed E-state index contributed by atoms with van der Waals surface area (Å²) in [7, 11) is 1.71. The molecular formula is C18H27ClN2O3. The van der Waals surface area contributed by atoms with Gasteiger partial charge in [-0.3, -0.25) is 4.79 Å². The van der Waals surface area contributed by atoms with Gasteiger partial charge in [0.25, 0.3) is 5.91 Å². The number of amides is 1. The SMILES string of the molecule is COCC1(CNC(=O)C(C)Oc2ccc(Cl)c(C)c2)CCNCC1. The standard InChI is InChI=1S/C18H27ClN2O3/c1-13-10-15(4-5-16(13)19)24-14(2)17(22)21-11-18(12-23-3)6-8-20-9-7-18/h4-5,10,14,20H,6-9,11-12H2,1-3H3,(H,21,22). The smallest absolute Gasteiger partial charge is 0.260 e. The van der Waals surface area contributed by atoms with Crippen molar-refractivity contribution in [3.63, 3.8) is 0 Å². The summed E-state index contributed by atoms with van der Waals surface area (Å²) in [6.07, 6.45) is 1.42. The monoisotopic (exact) mass is 354 g/mol. The van der Waals surface area contributed by atoms with E-state index in [1.54, 1.807) is 26.2 Å². The molecule has 6 heteroatoms. The van der Waals surface area contributed by atoms with Crippen LogP contribution >= 0.6 is 11.6 Å². The molecule has 1 heterocycles. The van der Waals surface area contributed by atoms with Gasteiger partial charge in [0.15, 0.2) is 6.10 Å². The molecule has 0 radical (unpaired) electrons. The average Bonchev–Trinajstić information content (AvgIpc) is 2.57. The van der Waals surface area contributed by atoms with Gasteiger partial charge in [-0.25, -0.2) is 0 Å². The number of halogens is 1. The summed E-state index contributed by atoms with van der Waals surface area (Å²) >= 11 is 6.01. The second kappa shape index (κ2) is 8.70. The van der Waals surface area contributed by atoms with Crippen molar-refractivity contribution in [3.05, 3.63) is 28.8 Å². The number of piperidine rings is 1. The summed E-state index contributed by atoms with van der Waals surface area (Å²) in [5.41, 5.74) is 0.933. The molecule has 0 saturated carbocycles. The van der Waals surface area contributed by atoms with Crippen molar-refractivity contribution in [1.29, 1.82) is 0 Å². The normalized spacial score (nSPS) is 18.0. The summed E-state index contributed by atoms with van der Waals surface area (Å²) in [5.74, 6) is 0.532. The van der Waals surface area contributed by atoms with Crippen LogP contribution in [-0.4, -0.2) is 45.4 Å². The van der Waals surface area contributed by atoms with E-state index < -0.39 is 6.10 Å². The summed E-state index contributed by atoms with van der Waals surface area (Å²) < 4.78 is 11.1. The van der Waals surface area contributed by atoms with Gasteiger partial charge >= 0.3 is 0 Å². The highest BCUT2D eigenvalue weighted by molar-refractivity contribution is 6.31. The van der Waals surface area contributed by atoms with Crippen LogP contribution < -0.4 is 15.4 Å². The van der Waals surface area contributed by atoms with E-state index in [9.17, 15) is 4.79 Å². The molecule has 1 unspecified atom stereocenters. The maximum atomic E-state index is 12.4. The molecule has 0 bridgehead atoms. The molecule has 1 aromatic carbocycles. The van der Waals surface area contributed by atoms with Gasteiger partial charge in [0.05, 0.1) is 6.61 Å². The Hall–Kier alpha value is -1.30. The number of rotatable bonds is 7. The van der Waals surface area contributed by atoms with Crippen LogP contribution in [-0.2, 0) is 9.53 Å². The molecule has 1 saturated heterocycles. The van der Waals surface area contributed by atoms with Crippen molar-refractivity contribution in [2.45, 2.75) is 32.8 Å². The third kappa shape index (κ3) is 5.10. The van der Waals surface area contributed by atoms with E-state index in [1.807, 2.05) is 13.0 Å². The van der Waals surface area contributed by atoms with Gasteiger partial charge in [0, 0.05) is 24.1 Å². The predicted molar refractivity (Wildman–Crippen MR) is 95.7 cm³/mol. The Morgan fingerprint density at radius 2 is 2.12 bits per heavy atom. The number of benzene rings is 1. The minimum absolute atomic E-state index is 0.00619. The van der Waals surface area contributed by atoms with Gasteiger partial charge in [0.1, 0.15) is 5.75 Å². The number of carbonyl (C=O) groups excluding carboxylic acids is 1. The fourth-order valence-corrected chi connectivity index (χ4v) is 3.12. The fraction of sp³-hybridized carbons (Fsp3) is 0.611. The molecule has 24 heavy (non-hydrogen) atoms. The fourth-order valence-electron chi connectivity index (χ4n) is 3.00. The second-order valence-corrected chi connectivity index (χ2v) is 6.98. The Bertz CT molecular complexity index is 554. The molecule has 1 amide bonds. The van der Waals surface area contributed by atoms with Crippen molar-refractivity contribution in [3.8, 4) is 5.75 Å². The topological polar surface area (TPSA) is 59.6 Å². The van der Waals surface area contributed by atoms with Crippen molar-refractivity contribution in [1.82, 2.24) is 10.6 Å². The van der Waals surface area contributed by atoms with Gasteiger partial charge in [-0.1, -0.05) is 11.6 Å². The lowest BCUT2D eigenvalue weighted by Crippen LogP contribution is -2.49. The van der Waals surface area contributed by atoms with E-state index in [2.05, 4.69) is 10.6 Å². The summed E-state index contributed by atoms with van der Waals surface area (Å²) in [5, 5.41) is 7.06. The summed E-state index contributed by atoms with van der Waals surface area (Å²) in [4.78, 5) is 12.4. The molecule has 0 aromatic heterocycles. The zero-order valence-corrected chi connectivity index (χ0v) is 15.4. The molecule has 1 atom stereocenters. The lowest BCUT2D eigenvalue weighted by molar-refractivity contribution is -0.128. The molecule has 0 aliphatic carbocycles. The van der Waals surface area contributed by atoms with Gasteiger partial charge in [-0.15, -0.1) is 0 Å². The Morgan fingerprint density at radius 3 is 2.75 bits per heavy atom. The van der Waals surface area contributed by atoms with Crippen LogP contribution in [0.3, 0.4) is 0 Å². The Balaban J connectivity index is 1.89. The average molecular weight is 355 g/mol. The highest BCUT2D eigenvalue weighted by Crippen LogP contribution is 2.28. The Labute approximate surface area is 149 Å². The first-order valence-electron chi connectivity index (χ1n) is 8.36. The van der Waals surface area contributed by atoms with Crippen LogP contribution in [0.4, 0.5) is 0 Å². The van der Waals surface area contributed by atoms with E-state index in [4.69, 9.17) is 21.1 Å². The third-order valence-corrected chi connectivity index (χ3v) is 4.99. The van der Waals surface area contributed by atoms with Crippen LogP contribution in [0.5, 0.6) is 5.75 Å². The van der Waals surface area contributed by atoms with Crippen LogP contribution in [0.15, 0.2) is 18.2 Å². The first-order valence-corrected chi connectivity index (χ1v) is 8.74. The summed E-state index contributed by atoms with van der Waals surface area (Å²) in [6.45, 7) is 6.83. The second-order valence-electron chi connectivity index (χ2n) is 6.57. The van der Waals surface area contributed by atoms with E-state index >= 15 is 0 Å². The van der Waals surface area contributed by atoms with Crippen molar-refractivity contribution < 1.29 is 14.3 Å². The molecule has 1 aliphatic rings. The molecular weight excluding hydrogens is 328 g/mol. The molecule has 1 aliphatic heterocycles. The van der Waals surface area contributed by atoms with Crippen LogP contribution in [0.1, 0.15) is 25.3 Å². The number of hydrogen-bond donors (Lipinski definition) is 2. The minimum atomic E-state index is -0.563. The molecule has 134 valence electrons. The molecule has 2 N–H and O–H groups in total. The van der Waals surface area contributed by atoms with Crippen LogP contribution in [0, 0.1) is 12.3 Å². The lowest BCUT2D eigenvalue weighted by Gasteiger charge is -2.37. The van der Waals surface area contributed by atoms with Gasteiger partial charge in [-0.2, -0.15) is 0 Å². The Kier molecular flexibility index (Phi) is 6.90. The number of hydrogen-bond acceptors (Lipinski definition) is 4. The molecule has 5 nitrogen and oxygen atoms in total. The highest BCUT2D eigenvalue weighted by atomic mass is 35.5. The number of nitrogens with one attached hydrogen (secondary N) is 2. The van der Waals surface area contributed by atoms with E-state index in [0.29, 0.717) is 23.9 Å². The minimum Gasteiger partial charge on any atom is -0.481 e. The quantitative estimate of drug-likeness (QED) is 0.790. The highest BCUT2D eigenvalue weighted by Gasteiger charge is 2.33. The van der Waals surface area contributed by atoms with Crippen molar-refractivity contribution >= 4 is 17.5 Å². The number of aryl methyl sites for hydroxylation is 1. The van der Waals surface area contributed by atoms with Crippen molar-refractivity contribution in [2.75, 3.05) is 33.4 Å². The zero-order chi connectivity index (χ0) is 17.6. The number of ether oxygens (including phenoxy) is 2. The number of carbonyl (C=O) groups is 1. The van der Waals surface area contributed by atoms with E-state index in [1.165, 1.54) is 0 Å². The van der Waals surface area contributed by atoms with E-state index in [-0.39, 0.29) is 11.3 Å². The van der Waals surface area contributed by atoms with Gasteiger partial charge < -0.3 is 20.1 Å². The van der Waals surface area contributed by atoms with Crippen LogP contribution in [0.2, 0.25) is 5.02 Å².